The van der Waals surface area contributed by atoms with Gasteiger partial charge >= 0.3 is 0 Å². The number of halogens is 2. The maximum atomic E-state index is 13.3. The third-order valence-corrected chi connectivity index (χ3v) is 5.35. The number of sulfonamides is 1. The molecule has 2 heterocycles. The summed E-state index contributed by atoms with van der Waals surface area (Å²) in [6, 6.07) is 4.21. The summed E-state index contributed by atoms with van der Waals surface area (Å²) >= 11 is 4.69. The summed E-state index contributed by atoms with van der Waals surface area (Å²) < 4.78 is 40.1. The molecule has 4 nitrogen and oxygen atoms in total. The van der Waals surface area contributed by atoms with Crippen molar-refractivity contribution in [2.75, 3.05) is 0 Å². The van der Waals surface area contributed by atoms with E-state index in [-0.39, 0.29) is 6.54 Å². The number of thiophene rings is 1. The number of aromatic nitrogens is 1. The van der Waals surface area contributed by atoms with Crippen LogP contribution in [0.1, 0.15) is 4.88 Å². The number of pyridine rings is 1. The lowest BCUT2D eigenvalue weighted by Crippen LogP contribution is -2.24. The molecule has 0 atom stereocenters. The van der Waals surface area contributed by atoms with E-state index in [2.05, 4.69) is 25.6 Å². The molecule has 0 aromatic carbocycles. The van der Waals surface area contributed by atoms with Crippen molar-refractivity contribution in [2.24, 2.45) is 0 Å². The quantitative estimate of drug-likeness (QED) is 0.921. The number of rotatable bonds is 4. The Balaban J connectivity index is 2.19. The molecule has 1 N–H and O–H groups in total. The highest BCUT2D eigenvalue weighted by atomic mass is 79.9. The first-order chi connectivity index (χ1) is 8.50. The van der Waals surface area contributed by atoms with Crippen LogP contribution in [0.3, 0.4) is 0 Å². The van der Waals surface area contributed by atoms with Crippen molar-refractivity contribution in [2.45, 2.75) is 11.6 Å². The molecule has 0 aliphatic rings. The first-order valence-corrected chi connectivity index (χ1v) is 7.98. The largest absolute Gasteiger partial charge is 0.261 e. The summed E-state index contributed by atoms with van der Waals surface area (Å²) in [5, 5.41) is 1.24. The van der Waals surface area contributed by atoms with Gasteiger partial charge in [0.15, 0.2) is 5.82 Å². The van der Waals surface area contributed by atoms with E-state index >= 15 is 0 Å². The molecule has 8 heteroatoms. The summed E-state index contributed by atoms with van der Waals surface area (Å²) in [4.78, 5) is 4.35. The molecule has 0 fully saturated rings. The number of hydrogen-bond donors (Lipinski definition) is 1. The predicted octanol–water partition coefficient (Wildman–Crippen LogP) is 2.52. The Morgan fingerprint density at radius 2 is 2.22 bits per heavy atom. The van der Waals surface area contributed by atoms with Crippen LogP contribution < -0.4 is 4.72 Å². The van der Waals surface area contributed by atoms with Gasteiger partial charge in [0, 0.05) is 22.1 Å². The molecule has 0 amide bonds. The van der Waals surface area contributed by atoms with Crippen molar-refractivity contribution in [3.63, 3.8) is 0 Å². The topological polar surface area (TPSA) is 59.1 Å². The minimum atomic E-state index is -3.93. The van der Waals surface area contributed by atoms with E-state index in [1.165, 1.54) is 23.6 Å². The van der Waals surface area contributed by atoms with Gasteiger partial charge in [-0.15, -0.1) is 11.3 Å². The standard InChI is InChI=1S/C10H8BrFN2O2S2/c11-7-3-5-17-9(7)6-14-18(15,16)10-8(12)2-1-4-13-10/h1-5,14H,6H2. The normalized spacial score (nSPS) is 11.7. The first-order valence-electron chi connectivity index (χ1n) is 4.83. The van der Waals surface area contributed by atoms with Gasteiger partial charge in [-0.3, -0.25) is 0 Å². The zero-order valence-electron chi connectivity index (χ0n) is 8.93. The molecular weight excluding hydrogens is 343 g/mol. The Hall–Kier alpha value is -0.830. The Bertz CT molecular complexity index is 657. The van der Waals surface area contributed by atoms with Crippen LogP contribution in [-0.2, 0) is 16.6 Å². The third-order valence-electron chi connectivity index (χ3n) is 2.09. The Morgan fingerprint density at radius 3 is 2.83 bits per heavy atom. The average Bonchev–Trinajstić information content (AvgIpc) is 2.73. The van der Waals surface area contributed by atoms with Crippen LogP contribution in [-0.4, -0.2) is 13.4 Å². The van der Waals surface area contributed by atoms with E-state index in [0.29, 0.717) is 0 Å². The Labute approximate surface area is 116 Å². The van der Waals surface area contributed by atoms with E-state index in [1.54, 1.807) is 0 Å². The zero-order chi connectivity index (χ0) is 13.2. The van der Waals surface area contributed by atoms with E-state index in [1.807, 2.05) is 11.4 Å². The van der Waals surface area contributed by atoms with Crippen molar-refractivity contribution in [3.05, 3.63) is 44.9 Å². The smallest absolute Gasteiger partial charge is 0.241 e. The molecule has 0 bridgehead atoms. The Morgan fingerprint density at radius 1 is 1.44 bits per heavy atom. The van der Waals surface area contributed by atoms with Crippen molar-refractivity contribution < 1.29 is 12.8 Å². The highest BCUT2D eigenvalue weighted by molar-refractivity contribution is 9.10. The molecule has 0 unspecified atom stereocenters. The lowest BCUT2D eigenvalue weighted by molar-refractivity contribution is 0.544. The van der Waals surface area contributed by atoms with Gasteiger partial charge in [-0.1, -0.05) is 0 Å². The van der Waals surface area contributed by atoms with Gasteiger partial charge in [0.25, 0.3) is 10.0 Å². The second kappa shape index (κ2) is 5.43. The molecule has 2 rings (SSSR count). The van der Waals surface area contributed by atoms with E-state index in [9.17, 15) is 12.8 Å². The van der Waals surface area contributed by atoms with Gasteiger partial charge in [-0.05, 0) is 39.5 Å². The van der Waals surface area contributed by atoms with Crippen LogP contribution in [0.25, 0.3) is 0 Å². The van der Waals surface area contributed by atoms with Gasteiger partial charge in [-0.2, -0.15) is 0 Å². The molecule has 2 aromatic heterocycles. The SMILES string of the molecule is O=S(=O)(NCc1sccc1Br)c1ncccc1F. The van der Waals surface area contributed by atoms with Crippen LogP contribution in [0.4, 0.5) is 4.39 Å². The third kappa shape index (κ3) is 2.94. The molecule has 18 heavy (non-hydrogen) atoms. The van der Waals surface area contributed by atoms with Crippen LogP contribution >= 0.6 is 27.3 Å². The lowest BCUT2D eigenvalue weighted by atomic mass is 10.5. The van der Waals surface area contributed by atoms with Crippen molar-refractivity contribution in [1.82, 2.24) is 9.71 Å². The van der Waals surface area contributed by atoms with Gasteiger partial charge in [0.05, 0.1) is 0 Å². The molecule has 2 aromatic rings. The molecule has 0 saturated carbocycles. The van der Waals surface area contributed by atoms with Crippen LogP contribution in [0.2, 0.25) is 0 Å². The van der Waals surface area contributed by atoms with E-state index in [4.69, 9.17) is 0 Å². The van der Waals surface area contributed by atoms with Gasteiger partial charge in [0.2, 0.25) is 5.03 Å². The second-order valence-electron chi connectivity index (χ2n) is 3.31. The summed E-state index contributed by atoms with van der Waals surface area (Å²) in [6.45, 7) is 0.0938. The lowest BCUT2D eigenvalue weighted by Gasteiger charge is -2.05. The molecule has 0 aliphatic heterocycles. The maximum absolute atomic E-state index is 13.3. The monoisotopic (exact) mass is 350 g/mol. The average molecular weight is 351 g/mol. The number of nitrogens with one attached hydrogen (secondary N) is 1. The summed E-state index contributed by atoms with van der Waals surface area (Å²) in [5.41, 5.74) is 0. The van der Waals surface area contributed by atoms with E-state index < -0.39 is 20.9 Å². The number of nitrogens with zero attached hydrogens (tertiary/aromatic N) is 1. The maximum Gasteiger partial charge on any atom is 0.261 e. The summed E-state index contributed by atoms with van der Waals surface area (Å²) in [6.07, 6.45) is 1.23. The van der Waals surface area contributed by atoms with Crippen molar-refractivity contribution in [1.29, 1.82) is 0 Å². The molecule has 96 valence electrons. The van der Waals surface area contributed by atoms with Gasteiger partial charge in [0.1, 0.15) is 0 Å². The molecule has 0 saturated heterocycles. The highest BCUT2D eigenvalue weighted by Crippen LogP contribution is 2.22. The highest BCUT2D eigenvalue weighted by Gasteiger charge is 2.20. The minimum absolute atomic E-state index is 0.0938. The molecule has 0 aliphatic carbocycles. The van der Waals surface area contributed by atoms with Crippen LogP contribution in [0.5, 0.6) is 0 Å². The molecule has 0 spiro atoms. The van der Waals surface area contributed by atoms with Crippen molar-refractivity contribution >= 4 is 37.3 Å². The first kappa shape index (κ1) is 13.6. The summed E-state index contributed by atoms with van der Waals surface area (Å²) in [5.74, 6) is -0.866. The fraction of sp³-hybridized carbons (Fsp3) is 0.100. The zero-order valence-corrected chi connectivity index (χ0v) is 12.1. The van der Waals surface area contributed by atoms with Gasteiger partial charge < -0.3 is 0 Å². The fourth-order valence-electron chi connectivity index (χ4n) is 1.25. The number of hydrogen-bond acceptors (Lipinski definition) is 4. The van der Waals surface area contributed by atoms with Gasteiger partial charge in [-0.25, -0.2) is 22.5 Å². The predicted molar refractivity (Wildman–Crippen MR) is 70.2 cm³/mol. The van der Waals surface area contributed by atoms with Crippen LogP contribution in [0.15, 0.2) is 39.3 Å². The molecule has 0 radical (unpaired) electrons. The summed E-state index contributed by atoms with van der Waals surface area (Å²) in [7, 11) is -3.93. The second-order valence-corrected chi connectivity index (χ2v) is 6.84. The van der Waals surface area contributed by atoms with Crippen molar-refractivity contribution in [3.8, 4) is 0 Å². The Kier molecular flexibility index (Phi) is 4.10. The van der Waals surface area contributed by atoms with Crippen LogP contribution in [0, 0.1) is 5.82 Å². The molecular formula is C10H8BrFN2O2S2. The fourth-order valence-corrected chi connectivity index (χ4v) is 3.77. The minimum Gasteiger partial charge on any atom is -0.241 e. The van der Waals surface area contributed by atoms with E-state index in [0.717, 1.165) is 15.4 Å².